The van der Waals surface area contributed by atoms with Crippen LogP contribution in [0, 0.1) is 0 Å². The Morgan fingerprint density at radius 1 is 0.679 bits per heavy atom. The Labute approximate surface area is 307 Å². The summed E-state index contributed by atoms with van der Waals surface area (Å²) in [5.74, 6) is -3.01. The minimum atomic E-state index is -1.65. The number of rotatable bonds is 14. The van der Waals surface area contributed by atoms with Gasteiger partial charge in [0, 0.05) is 12.3 Å². The topological polar surface area (TPSA) is 154 Å². The van der Waals surface area contributed by atoms with Gasteiger partial charge in [-0.3, -0.25) is 9.59 Å². The molecule has 0 spiro atoms. The predicted molar refractivity (Wildman–Crippen MR) is 200 cm³/mol. The molecule has 5 aromatic rings. The van der Waals surface area contributed by atoms with Gasteiger partial charge in [-0.1, -0.05) is 140 Å². The number of carboxylic acid groups (broad SMARTS) is 1. The van der Waals surface area contributed by atoms with Crippen molar-refractivity contribution in [2.24, 2.45) is 0 Å². The summed E-state index contributed by atoms with van der Waals surface area (Å²) < 4.78 is 5.68. The van der Waals surface area contributed by atoms with Gasteiger partial charge < -0.3 is 30.9 Å². The number of aliphatic carboxylic acids is 1. The highest BCUT2D eigenvalue weighted by Crippen LogP contribution is 2.44. The number of benzene rings is 5. The molecule has 0 aliphatic heterocycles. The van der Waals surface area contributed by atoms with E-state index in [1.165, 1.54) is 6.92 Å². The molecule has 0 saturated carbocycles. The van der Waals surface area contributed by atoms with Gasteiger partial charge in [0.1, 0.15) is 18.2 Å². The second kappa shape index (κ2) is 16.4. The van der Waals surface area contributed by atoms with Crippen LogP contribution in [0.2, 0.25) is 0 Å². The molecule has 5 aromatic carbocycles. The number of ether oxygens (including phenoxy) is 1. The molecule has 10 nitrogen and oxygen atoms in total. The molecule has 10 heteroatoms. The van der Waals surface area contributed by atoms with E-state index in [2.05, 4.69) is 16.0 Å². The highest BCUT2D eigenvalue weighted by atomic mass is 16.5. The van der Waals surface area contributed by atoms with Gasteiger partial charge in [-0.25, -0.2) is 9.59 Å². The van der Waals surface area contributed by atoms with Crippen molar-refractivity contribution in [2.75, 3.05) is 6.61 Å². The Morgan fingerprint density at radius 3 is 1.58 bits per heavy atom. The van der Waals surface area contributed by atoms with Gasteiger partial charge in [0.25, 0.3) is 0 Å². The fourth-order valence-corrected chi connectivity index (χ4v) is 7.02. The number of nitrogens with one attached hydrogen (secondary N) is 3. The molecule has 0 aromatic heterocycles. The van der Waals surface area contributed by atoms with Crippen LogP contribution >= 0.6 is 0 Å². The van der Waals surface area contributed by atoms with E-state index < -0.39 is 47.6 Å². The Kier molecular flexibility index (Phi) is 11.3. The van der Waals surface area contributed by atoms with Crippen LogP contribution in [-0.2, 0) is 24.7 Å². The van der Waals surface area contributed by atoms with Crippen molar-refractivity contribution in [3.8, 4) is 11.1 Å². The number of aliphatic hydroxyl groups excluding tert-OH is 1. The number of fused-ring (bicyclic) bond motifs is 3. The minimum Gasteiger partial charge on any atom is -0.480 e. The molecule has 3 amide bonds. The van der Waals surface area contributed by atoms with Gasteiger partial charge in [0.05, 0.1) is 6.10 Å². The van der Waals surface area contributed by atoms with E-state index in [0.29, 0.717) is 0 Å². The SMILES string of the molecule is C[C@@H](O)[C@H](NC(=O)[C@H](CCC(=O)NC(c1ccccc1)(c1ccccc1)c1ccccc1)NC(=O)OCC1c2ccccc2-c2ccccc21)C(=O)O. The molecule has 0 heterocycles. The summed E-state index contributed by atoms with van der Waals surface area (Å²) in [6.07, 6.45) is -2.79. The van der Waals surface area contributed by atoms with Gasteiger partial charge in [-0.2, -0.15) is 0 Å². The molecule has 0 fully saturated rings. The molecule has 0 unspecified atom stereocenters. The van der Waals surface area contributed by atoms with Gasteiger partial charge in [-0.15, -0.1) is 0 Å². The zero-order valence-electron chi connectivity index (χ0n) is 29.1. The molecule has 1 aliphatic carbocycles. The zero-order chi connectivity index (χ0) is 37.4. The predicted octanol–water partition coefficient (Wildman–Crippen LogP) is 5.73. The summed E-state index contributed by atoms with van der Waals surface area (Å²) in [5.41, 5.74) is 5.42. The Balaban J connectivity index is 1.23. The van der Waals surface area contributed by atoms with Crippen molar-refractivity contribution in [1.82, 2.24) is 16.0 Å². The molecule has 3 atom stereocenters. The lowest BCUT2D eigenvalue weighted by Crippen LogP contribution is -2.55. The average molecular weight is 712 g/mol. The van der Waals surface area contributed by atoms with Gasteiger partial charge in [0.15, 0.2) is 6.04 Å². The number of carbonyl (C=O) groups excluding carboxylic acids is 3. The standard InChI is InChI=1S/C43H41N3O7/c1-28(47)39(41(50)51)45-40(49)37(44-42(52)53-27-36-34-23-13-11-21-32(34)33-22-12-14-24-35(33)36)25-26-38(48)46-43(29-15-5-2-6-16-29,30-17-7-3-8-18-30)31-19-9-4-10-20-31/h2-24,28,36-37,39,47H,25-27H2,1H3,(H,44,52)(H,45,49)(H,46,48)(H,50,51)/t28-,37+,39+/m1/s1. The largest absolute Gasteiger partial charge is 0.480 e. The molecule has 1 aliphatic rings. The second-order valence-corrected chi connectivity index (χ2v) is 13.0. The van der Waals surface area contributed by atoms with E-state index in [1.54, 1.807) is 0 Å². The number of carbonyl (C=O) groups is 4. The average Bonchev–Trinajstić information content (AvgIpc) is 3.50. The molecule has 0 bridgehead atoms. The minimum absolute atomic E-state index is 0.0200. The lowest BCUT2D eigenvalue weighted by molar-refractivity contribution is -0.145. The molecule has 0 saturated heterocycles. The smallest absolute Gasteiger partial charge is 0.407 e. The normalized spacial score (nSPS) is 13.8. The number of hydrogen-bond acceptors (Lipinski definition) is 6. The maximum atomic E-state index is 14.0. The molecule has 6 rings (SSSR count). The fraction of sp³-hybridized carbons (Fsp3) is 0.209. The van der Waals surface area contributed by atoms with Gasteiger partial charge >= 0.3 is 12.1 Å². The van der Waals surface area contributed by atoms with Crippen LogP contribution in [0.25, 0.3) is 11.1 Å². The molecular weight excluding hydrogens is 670 g/mol. The van der Waals surface area contributed by atoms with Crippen molar-refractivity contribution >= 4 is 23.9 Å². The summed E-state index contributed by atoms with van der Waals surface area (Å²) in [6.45, 7) is 1.21. The number of carboxylic acids is 1. The van der Waals surface area contributed by atoms with E-state index >= 15 is 0 Å². The van der Waals surface area contributed by atoms with Crippen LogP contribution in [0.4, 0.5) is 4.79 Å². The van der Waals surface area contributed by atoms with Crippen LogP contribution in [0.5, 0.6) is 0 Å². The van der Waals surface area contributed by atoms with Crippen LogP contribution in [0.1, 0.15) is 53.5 Å². The van der Waals surface area contributed by atoms with Crippen molar-refractivity contribution in [3.63, 3.8) is 0 Å². The first kappa shape index (κ1) is 36.5. The van der Waals surface area contributed by atoms with Crippen molar-refractivity contribution in [1.29, 1.82) is 0 Å². The van der Waals surface area contributed by atoms with Crippen molar-refractivity contribution < 1.29 is 34.1 Å². The zero-order valence-corrected chi connectivity index (χ0v) is 29.1. The van der Waals surface area contributed by atoms with E-state index in [-0.39, 0.29) is 25.4 Å². The van der Waals surface area contributed by atoms with E-state index in [4.69, 9.17) is 4.74 Å². The molecule has 53 heavy (non-hydrogen) atoms. The lowest BCUT2D eigenvalue weighted by Gasteiger charge is -2.37. The second-order valence-electron chi connectivity index (χ2n) is 13.0. The fourth-order valence-electron chi connectivity index (χ4n) is 7.02. The quantitative estimate of drug-likeness (QED) is 0.0922. The van der Waals surface area contributed by atoms with E-state index in [9.17, 15) is 29.4 Å². The van der Waals surface area contributed by atoms with E-state index in [1.807, 2.05) is 140 Å². The maximum Gasteiger partial charge on any atom is 0.407 e. The van der Waals surface area contributed by atoms with E-state index in [0.717, 1.165) is 38.9 Å². The first-order valence-corrected chi connectivity index (χ1v) is 17.5. The third-order valence-corrected chi connectivity index (χ3v) is 9.61. The number of amides is 3. The highest BCUT2D eigenvalue weighted by molar-refractivity contribution is 5.90. The summed E-state index contributed by atoms with van der Waals surface area (Å²) in [6, 6.07) is 41.3. The number of aliphatic hydroxyl groups is 1. The number of hydrogen-bond donors (Lipinski definition) is 5. The van der Waals surface area contributed by atoms with Crippen LogP contribution < -0.4 is 16.0 Å². The maximum absolute atomic E-state index is 14.0. The Morgan fingerprint density at radius 2 is 1.13 bits per heavy atom. The first-order chi connectivity index (χ1) is 25.7. The Hall–Kier alpha value is -6.26. The summed E-state index contributed by atoms with van der Waals surface area (Å²) in [5, 5.41) is 27.8. The van der Waals surface area contributed by atoms with Gasteiger partial charge in [-0.05, 0) is 52.3 Å². The summed E-state index contributed by atoms with van der Waals surface area (Å²) in [7, 11) is 0. The highest BCUT2D eigenvalue weighted by Gasteiger charge is 2.38. The summed E-state index contributed by atoms with van der Waals surface area (Å²) in [4.78, 5) is 52.8. The van der Waals surface area contributed by atoms with Crippen molar-refractivity contribution in [2.45, 2.75) is 49.4 Å². The van der Waals surface area contributed by atoms with Crippen LogP contribution in [0.15, 0.2) is 140 Å². The number of alkyl carbamates (subject to hydrolysis) is 1. The van der Waals surface area contributed by atoms with Crippen LogP contribution in [-0.4, -0.2) is 58.9 Å². The molecule has 0 radical (unpaired) electrons. The third kappa shape index (κ3) is 7.98. The first-order valence-electron chi connectivity index (χ1n) is 17.5. The summed E-state index contributed by atoms with van der Waals surface area (Å²) >= 11 is 0. The van der Waals surface area contributed by atoms with Crippen molar-refractivity contribution in [3.05, 3.63) is 167 Å². The molecule has 5 N–H and O–H groups in total. The lowest BCUT2D eigenvalue weighted by atomic mass is 9.77. The Bertz CT molecular complexity index is 1910. The molecule has 270 valence electrons. The van der Waals surface area contributed by atoms with Crippen LogP contribution in [0.3, 0.4) is 0 Å². The monoisotopic (exact) mass is 711 g/mol. The third-order valence-electron chi connectivity index (χ3n) is 9.61. The molecular formula is C43H41N3O7. The van der Waals surface area contributed by atoms with Gasteiger partial charge in [0.2, 0.25) is 11.8 Å².